The van der Waals surface area contributed by atoms with Crippen molar-refractivity contribution in [2.45, 2.75) is 12.8 Å². The number of likely N-dealkylation sites (N-methyl/N-ethyl adjacent to an activating group) is 1. The molecule has 1 heterocycles. The van der Waals surface area contributed by atoms with Crippen molar-refractivity contribution in [2.24, 2.45) is 5.41 Å². The van der Waals surface area contributed by atoms with Crippen LogP contribution in [-0.2, 0) is 9.59 Å². The first kappa shape index (κ1) is 19.4. The summed E-state index contributed by atoms with van der Waals surface area (Å²) in [6.45, 7) is 4.03. The van der Waals surface area contributed by atoms with Gasteiger partial charge in [0.15, 0.2) is 0 Å². The second kappa shape index (κ2) is 7.83. The Morgan fingerprint density at radius 2 is 1.31 bits per heavy atom. The summed E-state index contributed by atoms with van der Waals surface area (Å²) in [6, 6.07) is 13.3. The fourth-order valence-corrected chi connectivity index (χ4v) is 3.54. The van der Waals surface area contributed by atoms with Crippen molar-refractivity contribution in [3.63, 3.8) is 0 Å². The largest absolute Gasteiger partial charge is 0.369 e. The maximum absolute atomic E-state index is 13.0. The molecule has 2 amide bonds. The van der Waals surface area contributed by atoms with Crippen LogP contribution in [0.4, 0.5) is 21.5 Å². The Balaban J connectivity index is 1.37. The summed E-state index contributed by atoms with van der Waals surface area (Å²) < 4.78 is 13.0. The molecule has 1 saturated heterocycles. The maximum atomic E-state index is 13.0. The average Bonchev–Trinajstić information content (AvgIpc) is 3.53. The number of anilines is 3. The molecule has 0 bridgehead atoms. The highest BCUT2D eigenvalue weighted by Gasteiger charge is 2.56. The number of hydrogen-bond donors (Lipinski definition) is 2. The predicted molar refractivity (Wildman–Crippen MR) is 111 cm³/mol. The number of carbonyl (C=O) groups is 2. The van der Waals surface area contributed by atoms with E-state index in [-0.39, 0.29) is 17.6 Å². The summed E-state index contributed by atoms with van der Waals surface area (Å²) in [5.74, 6) is -1.03. The zero-order valence-corrected chi connectivity index (χ0v) is 16.5. The summed E-state index contributed by atoms with van der Waals surface area (Å²) in [6.07, 6.45) is 1.01. The normalized spacial score (nSPS) is 18.2. The van der Waals surface area contributed by atoms with E-state index in [1.807, 2.05) is 24.3 Å². The number of nitrogens with one attached hydrogen (secondary N) is 2. The number of carbonyl (C=O) groups excluding carboxylic acids is 2. The van der Waals surface area contributed by atoms with E-state index in [4.69, 9.17) is 0 Å². The molecule has 4 rings (SSSR count). The highest BCUT2D eigenvalue weighted by Crippen LogP contribution is 2.47. The van der Waals surface area contributed by atoms with Crippen LogP contribution in [0.2, 0.25) is 0 Å². The Kier molecular flexibility index (Phi) is 5.24. The Morgan fingerprint density at radius 1 is 0.828 bits per heavy atom. The Bertz CT molecular complexity index is 886. The van der Waals surface area contributed by atoms with E-state index >= 15 is 0 Å². The highest BCUT2D eigenvalue weighted by atomic mass is 19.1. The number of halogens is 1. The Morgan fingerprint density at radius 3 is 1.79 bits per heavy atom. The average molecular weight is 396 g/mol. The number of benzene rings is 2. The summed E-state index contributed by atoms with van der Waals surface area (Å²) in [7, 11) is 2.12. The predicted octanol–water partition coefficient (Wildman–Crippen LogP) is 2.93. The molecular formula is C22H25FN4O2. The highest BCUT2D eigenvalue weighted by molar-refractivity contribution is 6.16. The molecule has 1 aliphatic heterocycles. The minimum Gasteiger partial charge on any atom is -0.369 e. The smallest absolute Gasteiger partial charge is 0.240 e. The van der Waals surface area contributed by atoms with Crippen LogP contribution in [0.3, 0.4) is 0 Å². The molecule has 1 saturated carbocycles. The molecule has 0 unspecified atom stereocenters. The van der Waals surface area contributed by atoms with Gasteiger partial charge in [-0.15, -0.1) is 0 Å². The number of amides is 2. The quantitative estimate of drug-likeness (QED) is 0.763. The Labute approximate surface area is 169 Å². The maximum Gasteiger partial charge on any atom is 0.240 e. The van der Waals surface area contributed by atoms with Gasteiger partial charge in [-0.25, -0.2) is 4.39 Å². The van der Waals surface area contributed by atoms with Crippen molar-refractivity contribution in [2.75, 3.05) is 48.8 Å². The fraction of sp³-hybridized carbons (Fsp3) is 0.364. The van der Waals surface area contributed by atoms with Crippen LogP contribution in [0.25, 0.3) is 0 Å². The van der Waals surface area contributed by atoms with E-state index < -0.39 is 5.41 Å². The zero-order valence-electron chi connectivity index (χ0n) is 16.5. The van der Waals surface area contributed by atoms with Gasteiger partial charge in [0.05, 0.1) is 0 Å². The van der Waals surface area contributed by atoms with Crippen LogP contribution < -0.4 is 15.5 Å². The van der Waals surface area contributed by atoms with E-state index in [1.54, 1.807) is 0 Å². The van der Waals surface area contributed by atoms with Gasteiger partial charge in [0.1, 0.15) is 11.2 Å². The van der Waals surface area contributed by atoms with E-state index in [2.05, 4.69) is 27.5 Å². The lowest BCUT2D eigenvalue weighted by Crippen LogP contribution is -2.44. The molecule has 7 heteroatoms. The SMILES string of the molecule is CN1CCN(c2ccc(NC(=O)C3(C(=O)Nc4ccc(F)cc4)CC3)cc2)CC1. The molecule has 2 aromatic carbocycles. The van der Waals surface area contributed by atoms with Crippen LogP contribution in [-0.4, -0.2) is 49.9 Å². The van der Waals surface area contributed by atoms with Gasteiger partial charge in [-0.2, -0.15) is 0 Å². The molecule has 2 aromatic rings. The summed E-state index contributed by atoms with van der Waals surface area (Å²) in [5.41, 5.74) is 1.23. The summed E-state index contributed by atoms with van der Waals surface area (Å²) in [4.78, 5) is 30.0. The van der Waals surface area contributed by atoms with Gasteiger partial charge in [-0.3, -0.25) is 9.59 Å². The molecule has 152 valence electrons. The van der Waals surface area contributed by atoms with Crippen molar-refractivity contribution < 1.29 is 14.0 Å². The third-order valence-corrected chi connectivity index (χ3v) is 5.71. The standard InChI is InChI=1S/C22H25FN4O2/c1-26-12-14-27(15-13-26)19-8-6-18(7-9-19)25-21(29)22(10-11-22)20(28)24-17-4-2-16(23)3-5-17/h2-9H,10-15H2,1H3,(H,24,28)(H,25,29). The second-order valence-corrected chi connectivity index (χ2v) is 7.83. The topological polar surface area (TPSA) is 64.7 Å². The van der Waals surface area contributed by atoms with Crippen molar-refractivity contribution in [1.29, 1.82) is 0 Å². The molecular weight excluding hydrogens is 371 g/mol. The monoisotopic (exact) mass is 396 g/mol. The van der Waals surface area contributed by atoms with Crippen molar-refractivity contribution in [3.8, 4) is 0 Å². The number of nitrogens with zero attached hydrogens (tertiary/aromatic N) is 2. The molecule has 2 aliphatic rings. The van der Waals surface area contributed by atoms with Crippen LogP contribution >= 0.6 is 0 Å². The third-order valence-electron chi connectivity index (χ3n) is 5.71. The molecule has 0 spiro atoms. The van der Waals surface area contributed by atoms with Crippen LogP contribution in [0.1, 0.15) is 12.8 Å². The minimum atomic E-state index is -1.05. The van der Waals surface area contributed by atoms with E-state index in [9.17, 15) is 14.0 Å². The van der Waals surface area contributed by atoms with Gasteiger partial charge in [0, 0.05) is 43.2 Å². The summed E-state index contributed by atoms with van der Waals surface area (Å²) >= 11 is 0. The van der Waals surface area contributed by atoms with Gasteiger partial charge < -0.3 is 20.4 Å². The Hall–Kier alpha value is -2.93. The van der Waals surface area contributed by atoms with Crippen molar-refractivity contribution in [1.82, 2.24) is 4.90 Å². The van der Waals surface area contributed by atoms with Crippen molar-refractivity contribution in [3.05, 3.63) is 54.3 Å². The second-order valence-electron chi connectivity index (χ2n) is 7.83. The van der Waals surface area contributed by atoms with Gasteiger partial charge in [-0.1, -0.05) is 0 Å². The van der Waals surface area contributed by atoms with Gasteiger partial charge >= 0.3 is 0 Å². The van der Waals surface area contributed by atoms with E-state index in [1.165, 1.54) is 24.3 Å². The molecule has 2 fully saturated rings. The van der Waals surface area contributed by atoms with E-state index in [0.717, 1.165) is 31.9 Å². The van der Waals surface area contributed by atoms with Gasteiger partial charge in [0.2, 0.25) is 11.8 Å². The van der Waals surface area contributed by atoms with Crippen LogP contribution in [0.15, 0.2) is 48.5 Å². The van der Waals surface area contributed by atoms with Gasteiger partial charge in [-0.05, 0) is 68.4 Å². The molecule has 1 aliphatic carbocycles. The van der Waals surface area contributed by atoms with Crippen LogP contribution in [0.5, 0.6) is 0 Å². The first-order valence-electron chi connectivity index (χ1n) is 9.88. The fourth-order valence-electron chi connectivity index (χ4n) is 3.54. The zero-order chi connectivity index (χ0) is 20.4. The third kappa shape index (κ3) is 4.24. The molecule has 6 nitrogen and oxygen atoms in total. The number of hydrogen-bond acceptors (Lipinski definition) is 4. The first-order chi connectivity index (χ1) is 14.0. The lowest BCUT2D eigenvalue weighted by molar-refractivity contribution is -0.131. The summed E-state index contributed by atoms with van der Waals surface area (Å²) in [5, 5.41) is 5.59. The number of piperazine rings is 1. The lowest BCUT2D eigenvalue weighted by Gasteiger charge is -2.34. The molecule has 2 N–H and O–H groups in total. The van der Waals surface area contributed by atoms with E-state index in [0.29, 0.717) is 24.2 Å². The van der Waals surface area contributed by atoms with Crippen molar-refractivity contribution >= 4 is 28.9 Å². The molecule has 0 atom stereocenters. The molecule has 0 radical (unpaired) electrons. The van der Waals surface area contributed by atoms with Crippen LogP contribution in [0, 0.1) is 11.2 Å². The van der Waals surface area contributed by atoms with Gasteiger partial charge in [0.25, 0.3) is 0 Å². The first-order valence-corrected chi connectivity index (χ1v) is 9.88. The lowest BCUT2D eigenvalue weighted by atomic mass is 10.0. The number of rotatable bonds is 5. The minimum absolute atomic E-state index is 0.301. The molecule has 29 heavy (non-hydrogen) atoms. The molecule has 0 aromatic heterocycles.